The summed E-state index contributed by atoms with van der Waals surface area (Å²) in [6.07, 6.45) is 1.46. The number of carbonyl (C=O) groups excluding carboxylic acids is 2. The van der Waals surface area contributed by atoms with E-state index >= 15 is 0 Å². The van der Waals surface area contributed by atoms with Gasteiger partial charge in [-0.3, -0.25) is 14.2 Å². The molecule has 1 aliphatic heterocycles. The molecular weight excluding hydrogens is 368 g/mol. The number of rotatable bonds is 4. The van der Waals surface area contributed by atoms with Gasteiger partial charge in [0.2, 0.25) is 5.91 Å². The number of nitrogens with zero attached hydrogens (tertiary/aromatic N) is 3. The average molecular weight is 392 g/mol. The van der Waals surface area contributed by atoms with E-state index in [-0.39, 0.29) is 11.8 Å². The molecule has 4 rings (SSSR count). The van der Waals surface area contributed by atoms with Crippen LogP contribution in [0.3, 0.4) is 0 Å². The molecule has 2 aromatic heterocycles. The van der Waals surface area contributed by atoms with Crippen LogP contribution in [0.4, 0.5) is 5.69 Å². The number of aromatic nitrogens is 2. The number of anilines is 1. The summed E-state index contributed by atoms with van der Waals surface area (Å²) in [5, 5.41) is 6.99. The first-order valence-corrected chi connectivity index (χ1v) is 9.75. The Bertz CT molecular complexity index is 1050. The summed E-state index contributed by atoms with van der Waals surface area (Å²) in [6, 6.07) is 12.5. The summed E-state index contributed by atoms with van der Waals surface area (Å²) in [7, 11) is 0. The highest BCUT2D eigenvalue weighted by Gasteiger charge is 2.36. The molecule has 1 saturated heterocycles. The van der Waals surface area contributed by atoms with Crippen molar-refractivity contribution in [3.8, 4) is 5.82 Å². The lowest BCUT2D eigenvalue weighted by Gasteiger charge is -2.24. The SMILES string of the molecule is Cc1cc(-n2c(C)cc(C(=O)N3CCC[C@H]3C(=O)Nc3ccccc3)c2C)no1. The van der Waals surface area contributed by atoms with Crippen LogP contribution >= 0.6 is 0 Å². The van der Waals surface area contributed by atoms with E-state index in [1.165, 1.54) is 0 Å². The fraction of sp³-hybridized carbons (Fsp3) is 0.318. The third-order valence-electron chi connectivity index (χ3n) is 5.36. The van der Waals surface area contributed by atoms with Crippen molar-refractivity contribution in [2.24, 2.45) is 0 Å². The van der Waals surface area contributed by atoms with Crippen molar-refractivity contribution >= 4 is 17.5 Å². The molecule has 7 nitrogen and oxygen atoms in total. The highest BCUT2D eigenvalue weighted by molar-refractivity contribution is 6.02. The molecule has 0 saturated carbocycles. The lowest BCUT2D eigenvalue weighted by molar-refractivity contribution is -0.119. The lowest BCUT2D eigenvalue weighted by Crippen LogP contribution is -2.43. The van der Waals surface area contributed by atoms with E-state index in [2.05, 4.69) is 10.5 Å². The highest BCUT2D eigenvalue weighted by Crippen LogP contribution is 2.26. The van der Waals surface area contributed by atoms with E-state index in [0.717, 1.165) is 23.5 Å². The first kappa shape index (κ1) is 19.0. The molecule has 150 valence electrons. The van der Waals surface area contributed by atoms with Crippen LogP contribution in [-0.2, 0) is 4.79 Å². The predicted molar refractivity (Wildman–Crippen MR) is 109 cm³/mol. The maximum atomic E-state index is 13.3. The minimum atomic E-state index is -0.472. The van der Waals surface area contributed by atoms with E-state index in [9.17, 15) is 9.59 Å². The van der Waals surface area contributed by atoms with Crippen LogP contribution in [0.15, 0.2) is 47.0 Å². The molecule has 0 unspecified atom stereocenters. The van der Waals surface area contributed by atoms with Gasteiger partial charge in [0.05, 0.1) is 5.56 Å². The number of likely N-dealkylation sites (tertiary alicyclic amines) is 1. The van der Waals surface area contributed by atoms with Gasteiger partial charge in [0.15, 0.2) is 5.82 Å². The fourth-order valence-electron chi connectivity index (χ4n) is 3.97. The Morgan fingerprint density at radius 1 is 1.14 bits per heavy atom. The second kappa shape index (κ2) is 7.58. The molecule has 0 aliphatic carbocycles. The van der Waals surface area contributed by atoms with Gasteiger partial charge in [-0.15, -0.1) is 0 Å². The molecule has 1 atom stereocenters. The van der Waals surface area contributed by atoms with E-state index < -0.39 is 6.04 Å². The smallest absolute Gasteiger partial charge is 0.256 e. The average Bonchev–Trinajstić information content (AvgIpc) is 3.41. The largest absolute Gasteiger partial charge is 0.360 e. The van der Waals surface area contributed by atoms with Crippen molar-refractivity contribution in [3.63, 3.8) is 0 Å². The number of amides is 2. The van der Waals surface area contributed by atoms with Crippen molar-refractivity contribution in [3.05, 3.63) is 65.2 Å². The Hall–Kier alpha value is -3.35. The van der Waals surface area contributed by atoms with Gasteiger partial charge in [-0.25, -0.2) is 0 Å². The number of aryl methyl sites for hydroxylation is 2. The third kappa shape index (κ3) is 3.55. The van der Waals surface area contributed by atoms with Gasteiger partial charge >= 0.3 is 0 Å². The molecule has 3 aromatic rings. The van der Waals surface area contributed by atoms with Crippen LogP contribution in [0.1, 0.15) is 40.3 Å². The zero-order valence-corrected chi connectivity index (χ0v) is 16.8. The van der Waals surface area contributed by atoms with Gasteiger partial charge in [-0.1, -0.05) is 23.4 Å². The lowest BCUT2D eigenvalue weighted by atomic mass is 10.1. The Morgan fingerprint density at radius 2 is 1.90 bits per heavy atom. The molecule has 0 radical (unpaired) electrons. The third-order valence-corrected chi connectivity index (χ3v) is 5.36. The topological polar surface area (TPSA) is 80.4 Å². The Balaban J connectivity index is 1.58. The van der Waals surface area contributed by atoms with Crippen LogP contribution in [0, 0.1) is 20.8 Å². The maximum Gasteiger partial charge on any atom is 0.256 e. The fourth-order valence-corrected chi connectivity index (χ4v) is 3.97. The summed E-state index contributed by atoms with van der Waals surface area (Å²) >= 11 is 0. The zero-order chi connectivity index (χ0) is 20.5. The minimum absolute atomic E-state index is 0.129. The van der Waals surface area contributed by atoms with Crippen molar-refractivity contribution in [2.75, 3.05) is 11.9 Å². The molecule has 1 aliphatic rings. The number of para-hydroxylation sites is 1. The number of carbonyl (C=O) groups is 2. The highest BCUT2D eigenvalue weighted by atomic mass is 16.5. The summed E-state index contributed by atoms with van der Waals surface area (Å²) in [4.78, 5) is 27.8. The predicted octanol–water partition coefficient (Wildman–Crippen LogP) is 3.63. The van der Waals surface area contributed by atoms with E-state index in [1.807, 2.05) is 67.8 Å². The van der Waals surface area contributed by atoms with Crippen molar-refractivity contribution in [1.82, 2.24) is 14.6 Å². The van der Waals surface area contributed by atoms with E-state index in [0.29, 0.717) is 30.1 Å². The second-order valence-electron chi connectivity index (χ2n) is 7.43. The van der Waals surface area contributed by atoms with Crippen molar-refractivity contribution in [1.29, 1.82) is 0 Å². The van der Waals surface area contributed by atoms with E-state index in [4.69, 9.17) is 4.52 Å². The van der Waals surface area contributed by atoms with Gasteiger partial charge in [0.25, 0.3) is 5.91 Å². The molecule has 1 fully saturated rings. The zero-order valence-electron chi connectivity index (χ0n) is 16.8. The van der Waals surface area contributed by atoms with Crippen LogP contribution in [0.25, 0.3) is 5.82 Å². The van der Waals surface area contributed by atoms with Gasteiger partial charge in [0.1, 0.15) is 11.8 Å². The number of benzene rings is 1. The first-order chi connectivity index (χ1) is 14.0. The molecule has 7 heteroatoms. The van der Waals surface area contributed by atoms with Crippen LogP contribution < -0.4 is 5.32 Å². The van der Waals surface area contributed by atoms with Crippen LogP contribution in [0.2, 0.25) is 0 Å². The van der Waals surface area contributed by atoms with Crippen molar-refractivity contribution < 1.29 is 14.1 Å². The van der Waals surface area contributed by atoms with Gasteiger partial charge in [0, 0.05) is 29.7 Å². The summed E-state index contributed by atoms with van der Waals surface area (Å²) in [6.45, 7) is 6.21. The van der Waals surface area contributed by atoms with Crippen molar-refractivity contribution in [2.45, 2.75) is 39.7 Å². The van der Waals surface area contributed by atoms with Gasteiger partial charge in [-0.2, -0.15) is 0 Å². The maximum absolute atomic E-state index is 13.3. The minimum Gasteiger partial charge on any atom is -0.360 e. The molecule has 1 aromatic carbocycles. The molecule has 1 N–H and O–H groups in total. The normalized spacial score (nSPS) is 16.2. The second-order valence-corrected chi connectivity index (χ2v) is 7.43. The van der Waals surface area contributed by atoms with Gasteiger partial charge in [-0.05, 0) is 51.8 Å². The molecule has 2 amide bonds. The Morgan fingerprint density at radius 3 is 2.59 bits per heavy atom. The van der Waals surface area contributed by atoms with Gasteiger partial charge < -0.3 is 14.7 Å². The molecular formula is C22H24N4O3. The van der Waals surface area contributed by atoms with Crippen LogP contribution in [-0.4, -0.2) is 39.0 Å². The number of hydrogen-bond acceptors (Lipinski definition) is 4. The molecule has 3 heterocycles. The quantitative estimate of drug-likeness (QED) is 0.735. The Labute approximate surface area is 169 Å². The monoisotopic (exact) mass is 392 g/mol. The first-order valence-electron chi connectivity index (χ1n) is 9.75. The standard InChI is InChI=1S/C22H24N4O3/c1-14-12-18(16(3)26(14)20-13-15(2)29-24-20)22(28)25-11-7-10-19(25)21(27)23-17-8-5-4-6-9-17/h4-6,8-9,12-13,19H,7,10-11H2,1-3H3,(H,23,27)/t19-/m0/s1. The summed E-state index contributed by atoms with van der Waals surface area (Å²) in [5.41, 5.74) is 3.00. The number of hydrogen-bond donors (Lipinski definition) is 1. The molecule has 29 heavy (non-hydrogen) atoms. The number of nitrogens with one attached hydrogen (secondary N) is 1. The summed E-state index contributed by atoms with van der Waals surface area (Å²) in [5.74, 6) is 1.08. The molecule has 0 spiro atoms. The molecule has 0 bridgehead atoms. The summed E-state index contributed by atoms with van der Waals surface area (Å²) < 4.78 is 7.09. The van der Waals surface area contributed by atoms with E-state index in [1.54, 1.807) is 4.90 Å². The van der Waals surface area contributed by atoms with Crippen LogP contribution in [0.5, 0.6) is 0 Å². The Kier molecular flexibility index (Phi) is 4.96.